The number of aromatic hydroxyl groups is 1. The molecule has 0 bridgehead atoms. The molecule has 20 heavy (non-hydrogen) atoms. The first-order valence-corrected chi connectivity index (χ1v) is 6.72. The van der Waals surface area contributed by atoms with Crippen LogP contribution in [0.4, 0.5) is 0 Å². The second-order valence-corrected chi connectivity index (χ2v) is 7.10. The van der Waals surface area contributed by atoms with Crippen LogP contribution >= 0.6 is 0 Å². The van der Waals surface area contributed by atoms with E-state index < -0.39 is 11.4 Å². The summed E-state index contributed by atoms with van der Waals surface area (Å²) >= 11 is 0. The molecule has 1 aromatic carbocycles. The Morgan fingerprint density at radius 2 is 1.35 bits per heavy atom. The van der Waals surface area contributed by atoms with Gasteiger partial charge in [-0.25, -0.2) is 4.79 Å². The molecule has 3 heteroatoms. The Morgan fingerprint density at radius 3 is 1.65 bits per heavy atom. The van der Waals surface area contributed by atoms with Gasteiger partial charge in [0.2, 0.25) is 0 Å². The maximum absolute atomic E-state index is 11.8. The molecule has 0 radical (unpaired) electrons. The summed E-state index contributed by atoms with van der Waals surface area (Å²) < 4.78 is 0. The van der Waals surface area contributed by atoms with E-state index in [-0.39, 0.29) is 11.2 Å². The van der Waals surface area contributed by atoms with Crippen molar-refractivity contribution in [3.63, 3.8) is 0 Å². The van der Waals surface area contributed by atoms with Crippen LogP contribution in [-0.2, 0) is 4.79 Å². The van der Waals surface area contributed by atoms with Gasteiger partial charge >= 0.3 is 5.97 Å². The lowest BCUT2D eigenvalue weighted by Crippen LogP contribution is -2.24. The fourth-order valence-corrected chi connectivity index (χ4v) is 2.38. The van der Waals surface area contributed by atoms with Gasteiger partial charge in [0.05, 0.1) is 0 Å². The fraction of sp³-hybridized carbons (Fsp3) is 0.471. The van der Waals surface area contributed by atoms with Crippen molar-refractivity contribution in [2.45, 2.75) is 41.5 Å². The third-order valence-electron chi connectivity index (χ3n) is 3.12. The summed E-state index contributed by atoms with van der Waals surface area (Å²) in [6.07, 6.45) is 0. The minimum Gasteiger partial charge on any atom is -0.508 e. The molecular formula is C17H24O3. The lowest BCUT2D eigenvalue weighted by Gasteiger charge is -2.31. The predicted molar refractivity (Wildman–Crippen MR) is 81.6 cm³/mol. The van der Waals surface area contributed by atoms with E-state index in [1.54, 1.807) is 24.3 Å². The number of benzene rings is 1. The molecule has 3 nitrogen and oxygen atoms in total. The first-order chi connectivity index (χ1) is 8.94. The summed E-state index contributed by atoms with van der Waals surface area (Å²) in [6.45, 7) is 11.7. The first-order valence-electron chi connectivity index (χ1n) is 6.72. The van der Waals surface area contributed by atoms with Crippen molar-refractivity contribution >= 4 is 11.5 Å². The number of carboxylic acids is 1. The molecule has 1 aromatic rings. The van der Waals surface area contributed by atoms with E-state index >= 15 is 0 Å². The number of rotatable bonds is 2. The molecule has 0 heterocycles. The van der Waals surface area contributed by atoms with E-state index in [9.17, 15) is 15.0 Å². The van der Waals surface area contributed by atoms with E-state index in [1.807, 2.05) is 41.5 Å². The second kappa shape index (κ2) is 5.31. The topological polar surface area (TPSA) is 57.5 Å². The van der Waals surface area contributed by atoms with Crippen LogP contribution in [0, 0.1) is 10.8 Å². The van der Waals surface area contributed by atoms with Crippen LogP contribution in [-0.4, -0.2) is 16.2 Å². The molecule has 0 unspecified atom stereocenters. The fourth-order valence-electron chi connectivity index (χ4n) is 2.38. The zero-order valence-corrected chi connectivity index (χ0v) is 13.1. The Morgan fingerprint density at radius 1 is 0.900 bits per heavy atom. The summed E-state index contributed by atoms with van der Waals surface area (Å²) in [4.78, 5) is 11.8. The van der Waals surface area contributed by atoms with Gasteiger partial charge in [0.1, 0.15) is 5.75 Å². The predicted octanol–water partition coefficient (Wildman–Crippen LogP) is 4.32. The van der Waals surface area contributed by atoms with Gasteiger partial charge in [-0.1, -0.05) is 53.7 Å². The van der Waals surface area contributed by atoms with Gasteiger partial charge < -0.3 is 10.2 Å². The third kappa shape index (κ3) is 3.62. The van der Waals surface area contributed by atoms with E-state index in [1.165, 1.54) is 0 Å². The zero-order chi connectivity index (χ0) is 15.7. The van der Waals surface area contributed by atoms with Crippen LogP contribution < -0.4 is 0 Å². The Kier molecular flexibility index (Phi) is 4.33. The molecule has 0 saturated heterocycles. The van der Waals surface area contributed by atoms with E-state index in [4.69, 9.17) is 0 Å². The molecule has 0 amide bonds. The number of phenols is 1. The summed E-state index contributed by atoms with van der Waals surface area (Å²) in [5.74, 6) is -0.717. The van der Waals surface area contributed by atoms with Crippen LogP contribution in [0.25, 0.3) is 5.57 Å². The van der Waals surface area contributed by atoms with Crippen molar-refractivity contribution in [3.8, 4) is 5.75 Å². The molecule has 0 saturated carbocycles. The standard InChI is InChI=1S/C17H24O3/c1-16(2,3)13(11-7-9-12(18)10-8-11)14(15(19)20)17(4,5)6/h7-10,18H,1-6H3,(H,19,20). The maximum Gasteiger partial charge on any atom is 0.332 e. The summed E-state index contributed by atoms with van der Waals surface area (Å²) in [5, 5.41) is 19.1. The van der Waals surface area contributed by atoms with Crippen LogP contribution in [0.15, 0.2) is 29.8 Å². The van der Waals surface area contributed by atoms with Gasteiger partial charge in [0.25, 0.3) is 0 Å². The second-order valence-electron chi connectivity index (χ2n) is 7.10. The Labute approximate surface area is 121 Å². The molecule has 0 fully saturated rings. The largest absolute Gasteiger partial charge is 0.508 e. The van der Waals surface area contributed by atoms with Crippen LogP contribution in [0.5, 0.6) is 5.75 Å². The molecule has 0 aliphatic heterocycles. The lowest BCUT2D eigenvalue weighted by molar-refractivity contribution is -0.133. The summed E-state index contributed by atoms with van der Waals surface area (Å²) in [7, 11) is 0. The average Bonchev–Trinajstić information content (AvgIpc) is 2.23. The normalized spacial score (nSPS) is 13.9. The van der Waals surface area contributed by atoms with E-state index in [0.29, 0.717) is 5.57 Å². The van der Waals surface area contributed by atoms with Crippen LogP contribution in [0.2, 0.25) is 0 Å². The number of hydrogen-bond acceptors (Lipinski definition) is 2. The van der Waals surface area contributed by atoms with E-state index in [0.717, 1.165) is 11.1 Å². The molecule has 0 aliphatic carbocycles. The highest BCUT2D eigenvalue weighted by atomic mass is 16.4. The number of hydrogen-bond donors (Lipinski definition) is 2. The van der Waals surface area contributed by atoms with E-state index in [2.05, 4.69) is 0 Å². The Hall–Kier alpha value is -1.77. The molecule has 0 aromatic heterocycles. The minimum absolute atomic E-state index is 0.176. The SMILES string of the molecule is CC(C)(C)C(C(=O)O)=C(c1ccc(O)cc1)C(C)(C)C. The monoisotopic (exact) mass is 276 g/mol. The zero-order valence-electron chi connectivity index (χ0n) is 13.1. The number of phenolic OH excluding ortho intramolecular Hbond substituents is 1. The number of carboxylic acid groups (broad SMARTS) is 1. The van der Waals surface area contributed by atoms with Crippen molar-refractivity contribution in [2.75, 3.05) is 0 Å². The van der Waals surface area contributed by atoms with Crippen molar-refractivity contribution in [1.29, 1.82) is 0 Å². The smallest absolute Gasteiger partial charge is 0.332 e. The summed E-state index contributed by atoms with van der Waals surface area (Å²) in [6, 6.07) is 6.71. The van der Waals surface area contributed by atoms with Gasteiger partial charge in [0.15, 0.2) is 0 Å². The average molecular weight is 276 g/mol. The van der Waals surface area contributed by atoms with Crippen LogP contribution in [0.3, 0.4) is 0 Å². The Bertz CT molecular complexity index is 523. The van der Waals surface area contributed by atoms with Crippen molar-refractivity contribution in [1.82, 2.24) is 0 Å². The quantitative estimate of drug-likeness (QED) is 0.791. The van der Waals surface area contributed by atoms with Gasteiger partial charge in [-0.15, -0.1) is 0 Å². The van der Waals surface area contributed by atoms with Crippen LogP contribution in [0.1, 0.15) is 47.1 Å². The van der Waals surface area contributed by atoms with Crippen molar-refractivity contribution in [2.24, 2.45) is 10.8 Å². The van der Waals surface area contributed by atoms with Crippen molar-refractivity contribution in [3.05, 3.63) is 35.4 Å². The molecule has 0 spiro atoms. The molecule has 1 rings (SSSR count). The highest BCUT2D eigenvalue weighted by Gasteiger charge is 2.33. The highest BCUT2D eigenvalue weighted by Crippen LogP contribution is 2.42. The van der Waals surface area contributed by atoms with Gasteiger partial charge in [0, 0.05) is 5.57 Å². The third-order valence-corrected chi connectivity index (χ3v) is 3.12. The lowest BCUT2D eigenvalue weighted by atomic mass is 9.72. The maximum atomic E-state index is 11.8. The number of aliphatic carboxylic acids is 1. The Balaban J connectivity index is 3.69. The molecular weight excluding hydrogens is 252 g/mol. The molecule has 0 atom stereocenters. The minimum atomic E-state index is -0.893. The van der Waals surface area contributed by atoms with Crippen molar-refractivity contribution < 1.29 is 15.0 Å². The number of allylic oxidation sites excluding steroid dienone is 1. The van der Waals surface area contributed by atoms with Gasteiger partial charge in [-0.05, 0) is 34.1 Å². The molecule has 0 aliphatic rings. The molecule has 110 valence electrons. The number of carbonyl (C=O) groups is 1. The summed E-state index contributed by atoms with van der Waals surface area (Å²) in [5.41, 5.74) is 1.28. The molecule has 2 N–H and O–H groups in total. The van der Waals surface area contributed by atoms with Gasteiger partial charge in [-0.3, -0.25) is 0 Å². The van der Waals surface area contributed by atoms with Gasteiger partial charge in [-0.2, -0.15) is 0 Å². The first kappa shape index (κ1) is 16.3. The highest BCUT2D eigenvalue weighted by molar-refractivity contribution is 5.98.